The first-order valence-electron chi connectivity index (χ1n) is 4.82. The molecule has 92 valence electrons. The highest BCUT2D eigenvalue weighted by atomic mass is 16.4. The molecule has 0 aromatic rings. The standard InChI is InChI=1S/C9H17N3O4/c1-6(8(14)15)11-9(16)10-5-4-7(13)12(2)3/h6H,4-5H2,1-3H3,(H,14,15)(H2,10,11,16). The van der Waals surface area contributed by atoms with E-state index in [9.17, 15) is 14.4 Å². The summed E-state index contributed by atoms with van der Waals surface area (Å²) in [6.07, 6.45) is 0.182. The van der Waals surface area contributed by atoms with Gasteiger partial charge in [-0.3, -0.25) is 9.59 Å². The minimum atomic E-state index is -1.11. The van der Waals surface area contributed by atoms with Gasteiger partial charge in [0.1, 0.15) is 6.04 Å². The van der Waals surface area contributed by atoms with Gasteiger partial charge in [-0.05, 0) is 6.92 Å². The fraction of sp³-hybridized carbons (Fsp3) is 0.667. The normalized spacial score (nSPS) is 11.4. The van der Waals surface area contributed by atoms with Gasteiger partial charge in [-0.2, -0.15) is 0 Å². The Balaban J connectivity index is 3.75. The van der Waals surface area contributed by atoms with Crippen LogP contribution in [0.2, 0.25) is 0 Å². The fourth-order valence-electron chi connectivity index (χ4n) is 0.816. The van der Waals surface area contributed by atoms with Crippen molar-refractivity contribution in [2.45, 2.75) is 19.4 Å². The first kappa shape index (κ1) is 14.2. The largest absolute Gasteiger partial charge is 0.480 e. The van der Waals surface area contributed by atoms with Gasteiger partial charge in [0, 0.05) is 27.1 Å². The number of hydrogen-bond acceptors (Lipinski definition) is 3. The number of carbonyl (C=O) groups excluding carboxylic acids is 2. The first-order chi connectivity index (χ1) is 7.34. The third kappa shape index (κ3) is 5.84. The van der Waals surface area contributed by atoms with Gasteiger partial charge in [-0.15, -0.1) is 0 Å². The van der Waals surface area contributed by atoms with Crippen molar-refractivity contribution in [3.05, 3.63) is 0 Å². The molecule has 0 aromatic heterocycles. The maximum absolute atomic E-state index is 11.1. The Kier molecular flexibility index (Phi) is 5.91. The lowest BCUT2D eigenvalue weighted by atomic mass is 10.3. The van der Waals surface area contributed by atoms with Crippen LogP contribution in [0.1, 0.15) is 13.3 Å². The van der Waals surface area contributed by atoms with E-state index in [2.05, 4.69) is 10.6 Å². The van der Waals surface area contributed by atoms with Crippen LogP contribution in [-0.4, -0.2) is 54.6 Å². The molecule has 0 aliphatic carbocycles. The summed E-state index contributed by atoms with van der Waals surface area (Å²) >= 11 is 0. The summed E-state index contributed by atoms with van der Waals surface area (Å²) in [5.74, 6) is -1.22. The molecule has 0 rings (SSSR count). The molecule has 0 saturated carbocycles. The molecule has 0 aliphatic rings. The number of rotatable bonds is 5. The predicted molar refractivity (Wildman–Crippen MR) is 56.9 cm³/mol. The highest BCUT2D eigenvalue weighted by Gasteiger charge is 2.13. The van der Waals surface area contributed by atoms with Crippen molar-refractivity contribution in [2.24, 2.45) is 0 Å². The summed E-state index contributed by atoms with van der Waals surface area (Å²) in [4.78, 5) is 34.0. The van der Waals surface area contributed by atoms with Crippen LogP contribution in [0.4, 0.5) is 4.79 Å². The monoisotopic (exact) mass is 231 g/mol. The molecular weight excluding hydrogens is 214 g/mol. The summed E-state index contributed by atoms with van der Waals surface area (Å²) in [5.41, 5.74) is 0. The number of carboxylic acid groups (broad SMARTS) is 1. The lowest BCUT2D eigenvalue weighted by molar-refractivity contribution is -0.138. The lowest BCUT2D eigenvalue weighted by Gasteiger charge is -2.12. The van der Waals surface area contributed by atoms with Crippen molar-refractivity contribution in [2.75, 3.05) is 20.6 Å². The van der Waals surface area contributed by atoms with Crippen LogP contribution >= 0.6 is 0 Å². The molecule has 7 heteroatoms. The molecule has 1 atom stereocenters. The van der Waals surface area contributed by atoms with Crippen LogP contribution in [0, 0.1) is 0 Å². The Hall–Kier alpha value is -1.79. The zero-order valence-corrected chi connectivity index (χ0v) is 9.61. The molecule has 0 heterocycles. The second-order valence-corrected chi connectivity index (χ2v) is 3.50. The van der Waals surface area contributed by atoms with Crippen LogP contribution in [0.15, 0.2) is 0 Å². The third-order valence-electron chi connectivity index (χ3n) is 1.84. The van der Waals surface area contributed by atoms with Crippen molar-refractivity contribution < 1.29 is 19.5 Å². The second kappa shape index (κ2) is 6.65. The van der Waals surface area contributed by atoms with Crippen molar-refractivity contribution in [3.8, 4) is 0 Å². The van der Waals surface area contributed by atoms with E-state index >= 15 is 0 Å². The smallest absolute Gasteiger partial charge is 0.325 e. The predicted octanol–water partition coefficient (Wildman–Crippen LogP) is -0.763. The van der Waals surface area contributed by atoms with E-state index in [0.29, 0.717) is 0 Å². The number of hydrogen-bond donors (Lipinski definition) is 3. The average Bonchev–Trinajstić information content (AvgIpc) is 2.16. The van der Waals surface area contributed by atoms with Crippen molar-refractivity contribution >= 4 is 17.9 Å². The highest BCUT2D eigenvalue weighted by Crippen LogP contribution is 1.85. The molecule has 0 radical (unpaired) electrons. The summed E-state index contributed by atoms with van der Waals surface area (Å²) < 4.78 is 0. The number of carboxylic acids is 1. The number of amides is 3. The minimum Gasteiger partial charge on any atom is -0.480 e. The van der Waals surface area contributed by atoms with E-state index in [1.807, 2.05) is 0 Å². The SMILES string of the molecule is CC(NC(=O)NCCC(=O)N(C)C)C(=O)O. The van der Waals surface area contributed by atoms with Crippen LogP contribution in [0.5, 0.6) is 0 Å². The molecule has 0 fully saturated rings. The maximum atomic E-state index is 11.1. The molecule has 1 unspecified atom stereocenters. The van der Waals surface area contributed by atoms with Gasteiger partial charge < -0.3 is 20.6 Å². The molecule has 0 bridgehead atoms. The number of nitrogens with one attached hydrogen (secondary N) is 2. The van der Waals surface area contributed by atoms with Crippen LogP contribution < -0.4 is 10.6 Å². The second-order valence-electron chi connectivity index (χ2n) is 3.50. The van der Waals surface area contributed by atoms with Gasteiger partial charge in [0.2, 0.25) is 5.91 Å². The van der Waals surface area contributed by atoms with Crippen LogP contribution in [-0.2, 0) is 9.59 Å². The number of urea groups is 1. The minimum absolute atomic E-state index is 0.105. The van der Waals surface area contributed by atoms with Gasteiger partial charge in [-0.25, -0.2) is 4.79 Å². The first-order valence-corrected chi connectivity index (χ1v) is 4.82. The fourth-order valence-corrected chi connectivity index (χ4v) is 0.816. The Morgan fingerprint density at radius 1 is 1.31 bits per heavy atom. The lowest BCUT2D eigenvalue weighted by Crippen LogP contribution is -2.45. The Bertz CT molecular complexity index is 278. The quantitative estimate of drug-likeness (QED) is 0.579. The van der Waals surface area contributed by atoms with Gasteiger partial charge in [-0.1, -0.05) is 0 Å². The zero-order valence-electron chi connectivity index (χ0n) is 9.61. The van der Waals surface area contributed by atoms with Crippen LogP contribution in [0.3, 0.4) is 0 Å². The summed E-state index contributed by atoms with van der Waals surface area (Å²) in [5, 5.41) is 13.1. The molecule has 16 heavy (non-hydrogen) atoms. The van der Waals surface area contributed by atoms with Gasteiger partial charge in [0.05, 0.1) is 0 Å². The summed E-state index contributed by atoms with van der Waals surface area (Å²) in [6.45, 7) is 1.53. The third-order valence-corrected chi connectivity index (χ3v) is 1.84. The van der Waals surface area contributed by atoms with Crippen molar-refractivity contribution in [1.29, 1.82) is 0 Å². The average molecular weight is 231 g/mol. The Morgan fingerprint density at radius 2 is 1.88 bits per heavy atom. The maximum Gasteiger partial charge on any atom is 0.325 e. The summed E-state index contributed by atoms with van der Waals surface area (Å²) in [7, 11) is 3.24. The van der Waals surface area contributed by atoms with E-state index in [-0.39, 0.29) is 18.9 Å². The summed E-state index contributed by atoms with van der Waals surface area (Å²) in [6, 6.07) is -1.55. The zero-order chi connectivity index (χ0) is 12.7. The highest BCUT2D eigenvalue weighted by molar-refractivity contribution is 5.82. The Labute approximate surface area is 93.8 Å². The molecule has 3 amide bonds. The van der Waals surface area contributed by atoms with Gasteiger partial charge >= 0.3 is 12.0 Å². The van der Waals surface area contributed by atoms with Crippen molar-refractivity contribution in [3.63, 3.8) is 0 Å². The van der Waals surface area contributed by atoms with Gasteiger partial charge in [0.25, 0.3) is 0 Å². The topological polar surface area (TPSA) is 98.7 Å². The van der Waals surface area contributed by atoms with E-state index in [1.165, 1.54) is 11.8 Å². The van der Waals surface area contributed by atoms with Gasteiger partial charge in [0.15, 0.2) is 0 Å². The Morgan fingerprint density at radius 3 is 2.31 bits per heavy atom. The molecule has 0 aliphatic heterocycles. The number of aliphatic carboxylic acids is 1. The number of carbonyl (C=O) groups is 3. The van der Waals surface area contributed by atoms with E-state index in [1.54, 1.807) is 14.1 Å². The van der Waals surface area contributed by atoms with E-state index in [0.717, 1.165) is 0 Å². The molecule has 0 saturated heterocycles. The molecule has 3 N–H and O–H groups in total. The molecule has 7 nitrogen and oxygen atoms in total. The molecular formula is C9H17N3O4. The van der Waals surface area contributed by atoms with E-state index in [4.69, 9.17) is 5.11 Å². The molecule has 0 spiro atoms. The number of nitrogens with zero attached hydrogens (tertiary/aromatic N) is 1. The van der Waals surface area contributed by atoms with Crippen LogP contribution in [0.25, 0.3) is 0 Å². The van der Waals surface area contributed by atoms with E-state index < -0.39 is 18.0 Å². The van der Waals surface area contributed by atoms with Crippen molar-refractivity contribution in [1.82, 2.24) is 15.5 Å². The molecule has 0 aromatic carbocycles.